The normalized spacial score (nSPS) is 13.6. The molecule has 1 atom stereocenters. The first-order chi connectivity index (χ1) is 8.57. The molecule has 0 fully saturated rings. The molecular weight excluding hydrogens is 222 g/mol. The second-order valence-corrected chi connectivity index (χ2v) is 5.45. The number of ether oxygens (including phenoxy) is 1. The van der Waals surface area contributed by atoms with Crippen molar-refractivity contribution < 1.29 is 4.74 Å². The molecule has 0 aromatic heterocycles. The van der Waals surface area contributed by atoms with Gasteiger partial charge in [-0.3, -0.25) is 0 Å². The third-order valence-electron chi connectivity index (χ3n) is 3.47. The van der Waals surface area contributed by atoms with Gasteiger partial charge in [0.2, 0.25) is 0 Å². The molecule has 2 nitrogen and oxygen atoms in total. The van der Waals surface area contributed by atoms with Crippen molar-refractivity contribution in [2.75, 3.05) is 13.7 Å². The van der Waals surface area contributed by atoms with Gasteiger partial charge in [0, 0.05) is 13.2 Å². The van der Waals surface area contributed by atoms with Gasteiger partial charge >= 0.3 is 0 Å². The lowest BCUT2D eigenvalue weighted by molar-refractivity contribution is 0.0117. The standard InChI is InChI=1S/C16H27NO/c1-5-17-15(11-12-16(2,3)18-4)13-14-9-7-6-8-10-14/h6-10,15,17H,5,11-13H2,1-4H3. The topological polar surface area (TPSA) is 21.3 Å². The van der Waals surface area contributed by atoms with Gasteiger partial charge < -0.3 is 10.1 Å². The average molecular weight is 249 g/mol. The summed E-state index contributed by atoms with van der Waals surface area (Å²) in [6.07, 6.45) is 3.31. The molecule has 0 heterocycles. The molecule has 0 aliphatic rings. The molecule has 1 N–H and O–H groups in total. The summed E-state index contributed by atoms with van der Waals surface area (Å²) in [4.78, 5) is 0. The number of methoxy groups -OCH3 is 1. The van der Waals surface area contributed by atoms with E-state index in [1.54, 1.807) is 7.11 Å². The van der Waals surface area contributed by atoms with Crippen molar-refractivity contribution in [3.05, 3.63) is 35.9 Å². The number of nitrogens with one attached hydrogen (secondary N) is 1. The molecule has 1 aromatic carbocycles. The Morgan fingerprint density at radius 2 is 1.89 bits per heavy atom. The number of rotatable bonds is 8. The third-order valence-corrected chi connectivity index (χ3v) is 3.47. The van der Waals surface area contributed by atoms with E-state index in [4.69, 9.17) is 4.74 Å². The molecule has 1 rings (SSSR count). The fourth-order valence-electron chi connectivity index (χ4n) is 2.09. The van der Waals surface area contributed by atoms with Crippen LogP contribution in [0.5, 0.6) is 0 Å². The maximum absolute atomic E-state index is 5.49. The Balaban J connectivity index is 2.50. The van der Waals surface area contributed by atoms with E-state index in [1.165, 1.54) is 5.56 Å². The minimum Gasteiger partial charge on any atom is -0.379 e. The number of likely N-dealkylation sites (N-methyl/N-ethyl adjacent to an activating group) is 1. The predicted molar refractivity (Wildman–Crippen MR) is 77.9 cm³/mol. The van der Waals surface area contributed by atoms with E-state index in [-0.39, 0.29) is 5.60 Å². The number of benzene rings is 1. The van der Waals surface area contributed by atoms with E-state index < -0.39 is 0 Å². The zero-order chi connectivity index (χ0) is 13.4. The molecule has 0 aliphatic carbocycles. The molecule has 0 spiro atoms. The Morgan fingerprint density at radius 1 is 1.22 bits per heavy atom. The van der Waals surface area contributed by atoms with Crippen LogP contribution in [0.25, 0.3) is 0 Å². The Labute approximate surface area is 112 Å². The average Bonchev–Trinajstić information content (AvgIpc) is 2.38. The van der Waals surface area contributed by atoms with Gasteiger partial charge in [0.1, 0.15) is 0 Å². The quantitative estimate of drug-likeness (QED) is 0.762. The van der Waals surface area contributed by atoms with E-state index >= 15 is 0 Å². The first-order valence-corrected chi connectivity index (χ1v) is 6.90. The van der Waals surface area contributed by atoms with E-state index in [1.807, 2.05) is 0 Å². The highest BCUT2D eigenvalue weighted by atomic mass is 16.5. The fourth-order valence-corrected chi connectivity index (χ4v) is 2.09. The van der Waals surface area contributed by atoms with Gasteiger partial charge in [-0.2, -0.15) is 0 Å². The minimum absolute atomic E-state index is 0.0235. The van der Waals surface area contributed by atoms with Crippen LogP contribution in [-0.2, 0) is 11.2 Å². The van der Waals surface area contributed by atoms with Crippen molar-refractivity contribution in [3.63, 3.8) is 0 Å². The molecule has 18 heavy (non-hydrogen) atoms. The molecule has 2 heteroatoms. The van der Waals surface area contributed by atoms with Crippen LogP contribution in [-0.4, -0.2) is 25.3 Å². The van der Waals surface area contributed by atoms with Gasteiger partial charge in [-0.15, -0.1) is 0 Å². The highest BCUT2D eigenvalue weighted by Crippen LogP contribution is 2.18. The summed E-state index contributed by atoms with van der Waals surface area (Å²) in [5.74, 6) is 0. The van der Waals surface area contributed by atoms with Crippen LogP contribution < -0.4 is 5.32 Å². The van der Waals surface area contributed by atoms with Gasteiger partial charge in [-0.05, 0) is 45.2 Å². The summed E-state index contributed by atoms with van der Waals surface area (Å²) in [6.45, 7) is 7.49. The summed E-state index contributed by atoms with van der Waals surface area (Å²) in [6, 6.07) is 11.2. The van der Waals surface area contributed by atoms with Crippen LogP contribution in [0.15, 0.2) is 30.3 Å². The van der Waals surface area contributed by atoms with E-state index in [2.05, 4.69) is 56.4 Å². The first kappa shape index (κ1) is 15.2. The number of hydrogen-bond acceptors (Lipinski definition) is 2. The zero-order valence-corrected chi connectivity index (χ0v) is 12.2. The van der Waals surface area contributed by atoms with Crippen molar-refractivity contribution >= 4 is 0 Å². The Kier molecular flexibility index (Phi) is 6.37. The van der Waals surface area contributed by atoms with Crippen molar-refractivity contribution in [2.24, 2.45) is 0 Å². The molecule has 1 aromatic rings. The van der Waals surface area contributed by atoms with Gasteiger partial charge in [-0.1, -0.05) is 37.3 Å². The minimum atomic E-state index is -0.0235. The Bertz CT molecular complexity index is 321. The maximum Gasteiger partial charge on any atom is 0.0623 e. The maximum atomic E-state index is 5.49. The highest BCUT2D eigenvalue weighted by molar-refractivity contribution is 5.15. The zero-order valence-electron chi connectivity index (χ0n) is 12.2. The lowest BCUT2D eigenvalue weighted by atomic mass is 9.95. The van der Waals surface area contributed by atoms with Crippen LogP contribution in [0.1, 0.15) is 39.2 Å². The smallest absolute Gasteiger partial charge is 0.0623 e. The van der Waals surface area contributed by atoms with Crippen molar-refractivity contribution in [1.82, 2.24) is 5.32 Å². The van der Waals surface area contributed by atoms with E-state index in [0.29, 0.717) is 6.04 Å². The van der Waals surface area contributed by atoms with Crippen molar-refractivity contribution in [2.45, 2.75) is 51.7 Å². The summed E-state index contributed by atoms with van der Waals surface area (Å²) < 4.78 is 5.49. The molecule has 102 valence electrons. The van der Waals surface area contributed by atoms with Crippen LogP contribution in [0.3, 0.4) is 0 Å². The molecule has 0 amide bonds. The number of hydrogen-bond donors (Lipinski definition) is 1. The predicted octanol–water partition coefficient (Wildman–Crippen LogP) is 3.41. The molecule has 1 unspecified atom stereocenters. The SMILES string of the molecule is CCNC(CCC(C)(C)OC)Cc1ccccc1. The molecular formula is C16H27NO. The molecule has 0 saturated carbocycles. The lowest BCUT2D eigenvalue weighted by Crippen LogP contribution is -2.34. The largest absolute Gasteiger partial charge is 0.379 e. The van der Waals surface area contributed by atoms with Gasteiger partial charge in [0.05, 0.1) is 5.60 Å². The van der Waals surface area contributed by atoms with Gasteiger partial charge in [0.25, 0.3) is 0 Å². The summed E-state index contributed by atoms with van der Waals surface area (Å²) >= 11 is 0. The van der Waals surface area contributed by atoms with Crippen LogP contribution in [0, 0.1) is 0 Å². The lowest BCUT2D eigenvalue weighted by Gasteiger charge is -2.26. The van der Waals surface area contributed by atoms with Crippen molar-refractivity contribution in [3.8, 4) is 0 Å². The second-order valence-electron chi connectivity index (χ2n) is 5.45. The van der Waals surface area contributed by atoms with Gasteiger partial charge in [0.15, 0.2) is 0 Å². The highest BCUT2D eigenvalue weighted by Gasteiger charge is 2.19. The Hall–Kier alpha value is -0.860. The molecule has 0 bridgehead atoms. The molecule has 0 aliphatic heterocycles. The van der Waals surface area contributed by atoms with Crippen LogP contribution in [0.4, 0.5) is 0 Å². The summed E-state index contributed by atoms with van der Waals surface area (Å²) in [7, 11) is 1.79. The van der Waals surface area contributed by atoms with E-state index in [0.717, 1.165) is 25.8 Å². The fraction of sp³-hybridized carbons (Fsp3) is 0.625. The molecule has 0 saturated heterocycles. The van der Waals surface area contributed by atoms with Crippen LogP contribution >= 0.6 is 0 Å². The van der Waals surface area contributed by atoms with Crippen molar-refractivity contribution in [1.29, 1.82) is 0 Å². The van der Waals surface area contributed by atoms with Gasteiger partial charge in [-0.25, -0.2) is 0 Å². The van der Waals surface area contributed by atoms with E-state index in [9.17, 15) is 0 Å². The summed E-state index contributed by atoms with van der Waals surface area (Å²) in [5, 5.41) is 3.57. The molecule has 0 radical (unpaired) electrons. The monoisotopic (exact) mass is 249 g/mol. The summed E-state index contributed by atoms with van der Waals surface area (Å²) in [5.41, 5.74) is 1.38. The Morgan fingerprint density at radius 3 is 2.44 bits per heavy atom. The first-order valence-electron chi connectivity index (χ1n) is 6.90. The van der Waals surface area contributed by atoms with Crippen LogP contribution in [0.2, 0.25) is 0 Å². The second kappa shape index (κ2) is 7.55. The third kappa shape index (κ3) is 5.65.